The minimum absolute atomic E-state index is 0.0604. The molecule has 2 aliphatic rings. The van der Waals surface area contributed by atoms with E-state index in [-0.39, 0.29) is 11.6 Å². The minimum Gasteiger partial charge on any atom is -0.497 e. The number of tetrazole rings is 1. The highest BCUT2D eigenvalue weighted by atomic mass is 16.5. The van der Waals surface area contributed by atoms with E-state index >= 15 is 0 Å². The van der Waals surface area contributed by atoms with Crippen molar-refractivity contribution in [2.45, 2.75) is 57.5 Å². The van der Waals surface area contributed by atoms with E-state index in [1.54, 1.807) is 7.11 Å². The van der Waals surface area contributed by atoms with Crippen LogP contribution in [0.15, 0.2) is 29.1 Å². The zero-order chi connectivity index (χ0) is 21.4. The molecule has 1 aliphatic heterocycles. The molecule has 3 heterocycles. The van der Waals surface area contributed by atoms with Gasteiger partial charge in [-0.2, -0.15) is 0 Å². The third-order valence-corrected chi connectivity index (χ3v) is 7.16. The van der Waals surface area contributed by atoms with E-state index in [4.69, 9.17) is 4.74 Å². The van der Waals surface area contributed by atoms with Crippen LogP contribution in [0.3, 0.4) is 0 Å². The fourth-order valence-corrected chi connectivity index (χ4v) is 5.31. The van der Waals surface area contributed by atoms with Gasteiger partial charge < -0.3 is 14.6 Å². The van der Waals surface area contributed by atoms with Gasteiger partial charge in [0, 0.05) is 10.9 Å². The third-order valence-electron chi connectivity index (χ3n) is 7.16. The van der Waals surface area contributed by atoms with Gasteiger partial charge >= 0.3 is 0 Å². The lowest BCUT2D eigenvalue weighted by Gasteiger charge is -2.33. The molecule has 1 saturated carbocycles. The molecule has 0 unspecified atom stereocenters. The zero-order valence-electron chi connectivity index (χ0n) is 18.3. The Hall–Kier alpha value is -2.74. The Labute approximate surface area is 181 Å². The smallest absolute Gasteiger partial charge is 0.258 e. The van der Waals surface area contributed by atoms with E-state index in [0.717, 1.165) is 72.7 Å². The van der Waals surface area contributed by atoms with Crippen LogP contribution in [0.4, 0.5) is 0 Å². The molecule has 5 rings (SSSR count). The number of rotatable bonds is 5. The van der Waals surface area contributed by atoms with Crippen molar-refractivity contribution in [1.82, 2.24) is 25.2 Å². The number of quaternary nitrogens is 1. The Bertz CT molecular complexity index is 1110. The van der Waals surface area contributed by atoms with Crippen LogP contribution in [0.1, 0.15) is 68.9 Å². The number of nitrogens with one attached hydrogen (secondary N) is 2. The Kier molecular flexibility index (Phi) is 5.48. The fourth-order valence-electron chi connectivity index (χ4n) is 5.31. The van der Waals surface area contributed by atoms with Crippen molar-refractivity contribution in [1.29, 1.82) is 0 Å². The Morgan fingerprint density at radius 3 is 2.68 bits per heavy atom. The molecule has 0 amide bonds. The van der Waals surface area contributed by atoms with E-state index in [2.05, 4.69) is 27.4 Å². The monoisotopic (exact) mass is 423 g/mol. The summed E-state index contributed by atoms with van der Waals surface area (Å²) >= 11 is 0. The number of pyridine rings is 1. The molecule has 164 valence electrons. The molecule has 8 heteroatoms. The second-order valence-electron chi connectivity index (χ2n) is 9.20. The quantitative estimate of drug-likeness (QED) is 0.656. The summed E-state index contributed by atoms with van der Waals surface area (Å²) in [5, 5.41) is 13.9. The summed E-state index contributed by atoms with van der Waals surface area (Å²) in [7, 11) is 1.66. The van der Waals surface area contributed by atoms with Gasteiger partial charge in [-0.05, 0) is 66.3 Å². The highest BCUT2D eigenvalue weighted by molar-refractivity contribution is 5.80. The van der Waals surface area contributed by atoms with Crippen molar-refractivity contribution in [2.24, 2.45) is 5.92 Å². The van der Waals surface area contributed by atoms with Gasteiger partial charge in [0.1, 0.15) is 5.75 Å². The van der Waals surface area contributed by atoms with Crippen LogP contribution in [0.5, 0.6) is 5.75 Å². The van der Waals surface area contributed by atoms with Crippen molar-refractivity contribution < 1.29 is 9.64 Å². The first kappa shape index (κ1) is 20.2. The van der Waals surface area contributed by atoms with Crippen LogP contribution in [0.25, 0.3) is 10.9 Å². The maximum absolute atomic E-state index is 13.3. The molecule has 31 heavy (non-hydrogen) atoms. The fraction of sp³-hybridized carbons (Fsp3) is 0.565. The largest absolute Gasteiger partial charge is 0.497 e. The second-order valence-corrected chi connectivity index (χ2v) is 9.20. The zero-order valence-corrected chi connectivity index (χ0v) is 18.3. The predicted octanol–water partition coefficient (Wildman–Crippen LogP) is 2.04. The number of nitrogens with zero attached hydrogens (tertiary/aromatic N) is 4. The summed E-state index contributed by atoms with van der Waals surface area (Å²) in [5.74, 6) is 2.32. The van der Waals surface area contributed by atoms with Crippen LogP contribution in [-0.4, -0.2) is 45.4 Å². The maximum atomic E-state index is 13.3. The Balaban J connectivity index is 1.63. The Morgan fingerprint density at radius 2 is 1.94 bits per heavy atom. The van der Waals surface area contributed by atoms with Gasteiger partial charge in [-0.3, -0.25) is 4.79 Å². The average molecular weight is 424 g/mol. The van der Waals surface area contributed by atoms with Gasteiger partial charge in [0.15, 0.2) is 6.04 Å². The molecule has 0 spiro atoms. The number of fused-ring (bicyclic) bond motifs is 1. The van der Waals surface area contributed by atoms with Gasteiger partial charge in [-0.1, -0.05) is 19.8 Å². The van der Waals surface area contributed by atoms with E-state index in [9.17, 15) is 4.79 Å². The van der Waals surface area contributed by atoms with Crippen molar-refractivity contribution in [3.8, 4) is 5.75 Å². The van der Waals surface area contributed by atoms with Crippen LogP contribution < -0.4 is 15.2 Å². The molecule has 2 aromatic heterocycles. The molecule has 1 saturated heterocycles. The lowest BCUT2D eigenvalue weighted by molar-refractivity contribution is -0.932. The first-order valence-corrected chi connectivity index (χ1v) is 11.5. The van der Waals surface area contributed by atoms with Crippen LogP contribution >= 0.6 is 0 Å². The molecule has 2 fully saturated rings. The SMILES string of the molecule is COc1ccc2[nH]c(=O)c([C@H](c3nnnn3C3CCCC3)[NH+]3CCC(C)CC3)cc2c1. The molecule has 1 aromatic carbocycles. The predicted molar refractivity (Wildman–Crippen MR) is 117 cm³/mol. The van der Waals surface area contributed by atoms with E-state index in [1.165, 1.54) is 17.7 Å². The summed E-state index contributed by atoms with van der Waals surface area (Å²) < 4.78 is 7.42. The second kappa shape index (κ2) is 8.42. The summed E-state index contributed by atoms with van der Waals surface area (Å²) in [6.45, 7) is 4.33. The number of aromatic amines is 1. The number of hydrogen-bond donors (Lipinski definition) is 2. The number of H-pyrrole nitrogens is 1. The van der Waals surface area contributed by atoms with Crippen molar-refractivity contribution >= 4 is 10.9 Å². The summed E-state index contributed by atoms with van der Waals surface area (Å²) in [5.41, 5.74) is 1.49. The van der Waals surface area contributed by atoms with Crippen molar-refractivity contribution in [2.75, 3.05) is 20.2 Å². The minimum atomic E-state index is -0.178. The molecule has 3 aromatic rings. The third kappa shape index (κ3) is 3.84. The first-order valence-electron chi connectivity index (χ1n) is 11.5. The summed E-state index contributed by atoms with van der Waals surface area (Å²) in [6, 6.07) is 7.90. The molecule has 0 bridgehead atoms. The normalized spacial score (nSPS) is 23.3. The Morgan fingerprint density at radius 1 is 1.16 bits per heavy atom. The number of benzene rings is 1. The lowest BCUT2D eigenvalue weighted by Crippen LogP contribution is -3.13. The van der Waals surface area contributed by atoms with Gasteiger partial charge in [0.25, 0.3) is 5.56 Å². The standard InChI is InChI=1S/C23H30N6O2/c1-15-9-11-28(12-10-15)21(22-25-26-27-29(22)17-5-3-4-6-17)19-14-16-13-18(31-2)7-8-20(16)24-23(19)30/h7-8,13-15,17,21H,3-6,9-12H2,1-2H3,(H,24,30)/p+1/t21-/m1/s1. The molecular weight excluding hydrogens is 392 g/mol. The van der Waals surface area contributed by atoms with Gasteiger partial charge in [-0.15, -0.1) is 5.10 Å². The number of piperidine rings is 1. The van der Waals surface area contributed by atoms with E-state index in [1.807, 2.05) is 28.9 Å². The van der Waals surface area contributed by atoms with Crippen LogP contribution in [0.2, 0.25) is 0 Å². The van der Waals surface area contributed by atoms with Crippen LogP contribution in [-0.2, 0) is 0 Å². The topological polar surface area (TPSA) is 90.1 Å². The maximum Gasteiger partial charge on any atom is 0.258 e. The molecule has 8 nitrogen and oxygen atoms in total. The summed E-state index contributed by atoms with van der Waals surface area (Å²) in [6.07, 6.45) is 6.91. The van der Waals surface area contributed by atoms with Crippen molar-refractivity contribution in [3.63, 3.8) is 0 Å². The first-order chi connectivity index (χ1) is 15.1. The molecule has 0 radical (unpaired) electrons. The molecule has 2 N–H and O–H groups in total. The highest BCUT2D eigenvalue weighted by Crippen LogP contribution is 2.31. The van der Waals surface area contributed by atoms with Gasteiger partial charge in [0.2, 0.25) is 5.82 Å². The van der Waals surface area contributed by atoms with E-state index < -0.39 is 0 Å². The number of aromatic nitrogens is 5. The number of hydrogen-bond acceptors (Lipinski definition) is 5. The van der Waals surface area contributed by atoms with E-state index in [0.29, 0.717) is 6.04 Å². The molecular formula is C23H31N6O2+. The molecule has 1 aliphatic carbocycles. The summed E-state index contributed by atoms with van der Waals surface area (Å²) in [4.78, 5) is 17.7. The number of ether oxygens (including phenoxy) is 1. The molecule has 1 atom stereocenters. The average Bonchev–Trinajstić information content (AvgIpc) is 3.47. The number of methoxy groups -OCH3 is 1. The van der Waals surface area contributed by atoms with Gasteiger partial charge in [-0.25, -0.2) is 4.68 Å². The number of likely N-dealkylation sites (tertiary alicyclic amines) is 1. The highest BCUT2D eigenvalue weighted by Gasteiger charge is 2.37. The van der Waals surface area contributed by atoms with Crippen molar-refractivity contribution in [3.05, 3.63) is 46.0 Å². The lowest BCUT2D eigenvalue weighted by atomic mass is 9.95. The van der Waals surface area contributed by atoms with Gasteiger partial charge in [0.05, 0.1) is 31.8 Å². The van der Waals surface area contributed by atoms with Crippen LogP contribution in [0, 0.1) is 5.92 Å².